The zero-order valence-electron chi connectivity index (χ0n) is 8.52. The zero-order valence-corrected chi connectivity index (χ0v) is 9.27. The predicted molar refractivity (Wildman–Crippen MR) is 60.8 cm³/mol. The highest BCUT2D eigenvalue weighted by Crippen LogP contribution is 2.32. The van der Waals surface area contributed by atoms with E-state index in [0.717, 1.165) is 18.0 Å². The smallest absolute Gasteiger partial charge is 0.0408 e. The molecule has 76 valence electrons. The maximum atomic E-state index is 5.96. The third kappa shape index (κ3) is 1.94. The van der Waals surface area contributed by atoms with E-state index in [9.17, 15) is 0 Å². The number of fused-ring (bicyclic) bond motifs is 1. The van der Waals surface area contributed by atoms with Crippen LogP contribution in [-0.2, 0) is 6.42 Å². The van der Waals surface area contributed by atoms with Crippen molar-refractivity contribution in [1.29, 1.82) is 0 Å². The molecular weight excluding hydrogens is 194 g/mol. The number of rotatable bonds is 3. The van der Waals surface area contributed by atoms with Crippen LogP contribution in [0.2, 0.25) is 5.02 Å². The highest BCUT2D eigenvalue weighted by molar-refractivity contribution is 6.30. The van der Waals surface area contributed by atoms with Gasteiger partial charge in [-0.25, -0.2) is 0 Å². The molecule has 1 aromatic rings. The molecule has 14 heavy (non-hydrogen) atoms. The lowest BCUT2D eigenvalue weighted by Gasteiger charge is -2.12. The quantitative estimate of drug-likeness (QED) is 0.806. The molecule has 0 saturated heterocycles. The van der Waals surface area contributed by atoms with Gasteiger partial charge in [0.2, 0.25) is 0 Å². The summed E-state index contributed by atoms with van der Waals surface area (Å²) in [6.45, 7) is 3.30. The maximum Gasteiger partial charge on any atom is 0.0408 e. The van der Waals surface area contributed by atoms with Crippen LogP contribution in [0.1, 0.15) is 36.9 Å². The van der Waals surface area contributed by atoms with Crippen LogP contribution in [-0.4, -0.2) is 6.54 Å². The number of aryl methyl sites for hydroxylation is 1. The first-order valence-corrected chi connectivity index (χ1v) is 5.70. The standard InChI is InChI=1S/C12H16ClN/c1-2-7-14-12-6-3-9-8-10(13)4-5-11(9)12/h4-5,8,12,14H,2-3,6-7H2,1H3/t12-/m1/s1. The largest absolute Gasteiger partial charge is 0.310 e. The van der Waals surface area contributed by atoms with Crippen molar-refractivity contribution in [2.45, 2.75) is 32.2 Å². The van der Waals surface area contributed by atoms with Gasteiger partial charge in [-0.2, -0.15) is 0 Å². The van der Waals surface area contributed by atoms with Gasteiger partial charge in [-0.3, -0.25) is 0 Å². The van der Waals surface area contributed by atoms with Crippen molar-refractivity contribution in [3.63, 3.8) is 0 Å². The Kier molecular flexibility index (Phi) is 3.09. The van der Waals surface area contributed by atoms with Crippen molar-refractivity contribution < 1.29 is 0 Å². The molecule has 0 aliphatic heterocycles. The normalized spacial score (nSPS) is 19.7. The number of halogens is 1. The fourth-order valence-electron chi connectivity index (χ4n) is 2.12. The molecule has 0 amide bonds. The second-order valence-electron chi connectivity index (χ2n) is 3.89. The van der Waals surface area contributed by atoms with Gasteiger partial charge in [0, 0.05) is 11.1 Å². The Balaban J connectivity index is 2.14. The molecule has 0 spiro atoms. The minimum absolute atomic E-state index is 0.558. The molecule has 0 aromatic heterocycles. The molecule has 0 unspecified atom stereocenters. The second-order valence-corrected chi connectivity index (χ2v) is 4.32. The van der Waals surface area contributed by atoms with Crippen molar-refractivity contribution >= 4 is 11.6 Å². The monoisotopic (exact) mass is 209 g/mol. The minimum Gasteiger partial charge on any atom is -0.310 e. The van der Waals surface area contributed by atoms with Crippen LogP contribution in [0, 0.1) is 0 Å². The van der Waals surface area contributed by atoms with E-state index in [1.54, 1.807) is 0 Å². The summed E-state index contributed by atoms with van der Waals surface area (Å²) in [6.07, 6.45) is 3.58. The molecule has 0 fully saturated rings. The molecule has 1 aliphatic rings. The van der Waals surface area contributed by atoms with Crippen molar-refractivity contribution in [3.05, 3.63) is 34.3 Å². The van der Waals surface area contributed by atoms with Crippen molar-refractivity contribution in [2.75, 3.05) is 6.54 Å². The third-order valence-electron chi connectivity index (χ3n) is 2.82. The Morgan fingerprint density at radius 1 is 1.50 bits per heavy atom. The van der Waals surface area contributed by atoms with Gasteiger partial charge in [-0.1, -0.05) is 24.6 Å². The van der Waals surface area contributed by atoms with Crippen LogP contribution in [0.4, 0.5) is 0 Å². The summed E-state index contributed by atoms with van der Waals surface area (Å²) in [5.74, 6) is 0. The Morgan fingerprint density at radius 3 is 3.14 bits per heavy atom. The molecule has 1 N–H and O–H groups in total. The summed E-state index contributed by atoms with van der Waals surface area (Å²) in [5, 5.41) is 4.42. The third-order valence-corrected chi connectivity index (χ3v) is 3.06. The van der Waals surface area contributed by atoms with Crippen molar-refractivity contribution in [2.24, 2.45) is 0 Å². The average molecular weight is 210 g/mol. The lowest BCUT2D eigenvalue weighted by atomic mass is 10.1. The number of nitrogens with one attached hydrogen (secondary N) is 1. The van der Waals surface area contributed by atoms with E-state index in [1.165, 1.54) is 24.0 Å². The molecular formula is C12H16ClN. The van der Waals surface area contributed by atoms with Crippen LogP contribution in [0.3, 0.4) is 0 Å². The number of benzene rings is 1. The fraction of sp³-hybridized carbons (Fsp3) is 0.500. The zero-order chi connectivity index (χ0) is 9.97. The van der Waals surface area contributed by atoms with Crippen LogP contribution in [0.5, 0.6) is 0 Å². The van der Waals surface area contributed by atoms with E-state index < -0.39 is 0 Å². The summed E-state index contributed by atoms with van der Waals surface area (Å²) < 4.78 is 0. The maximum absolute atomic E-state index is 5.96. The SMILES string of the molecule is CCCN[C@@H]1CCc2cc(Cl)ccc21. The van der Waals surface area contributed by atoms with Crippen LogP contribution in [0.15, 0.2) is 18.2 Å². The predicted octanol–water partition coefficient (Wildman–Crippen LogP) is 3.33. The summed E-state index contributed by atoms with van der Waals surface area (Å²) >= 11 is 5.96. The highest BCUT2D eigenvalue weighted by atomic mass is 35.5. The lowest BCUT2D eigenvalue weighted by molar-refractivity contribution is 0.529. The molecule has 2 rings (SSSR count). The van der Waals surface area contributed by atoms with E-state index in [0.29, 0.717) is 6.04 Å². The van der Waals surface area contributed by atoms with Gasteiger partial charge in [0.15, 0.2) is 0 Å². The van der Waals surface area contributed by atoms with Gasteiger partial charge in [-0.15, -0.1) is 0 Å². The lowest BCUT2D eigenvalue weighted by Crippen LogP contribution is -2.19. The van der Waals surface area contributed by atoms with Crippen LogP contribution in [0.25, 0.3) is 0 Å². The summed E-state index contributed by atoms with van der Waals surface area (Å²) in [7, 11) is 0. The van der Waals surface area contributed by atoms with Crippen LogP contribution < -0.4 is 5.32 Å². The molecule has 0 radical (unpaired) electrons. The molecule has 1 nitrogen and oxygen atoms in total. The van der Waals surface area contributed by atoms with E-state index in [2.05, 4.69) is 24.4 Å². The number of hydrogen-bond donors (Lipinski definition) is 1. The van der Waals surface area contributed by atoms with Gasteiger partial charge < -0.3 is 5.32 Å². The van der Waals surface area contributed by atoms with Gasteiger partial charge in [0.1, 0.15) is 0 Å². The summed E-state index contributed by atoms with van der Waals surface area (Å²) in [6, 6.07) is 6.82. The van der Waals surface area contributed by atoms with Gasteiger partial charge in [-0.05, 0) is 49.1 Å². The highest BCUT2D eigenvalue weighted by Gasteiger charge is 2.21. The molecule has 0 bridgehead atoms. The first kappa shape index (κ1) is 10.0. The fourth-order valence-corrected chi connectivity index (χ4v) is 2.31. The van der Waals surface area contributed by atoms with E-state index >= 15 is 0 Å². The van der Waals surface area contributed by atoms with Gasteiger partial charge in [0.25, 0.3) is 0 Å². The first-order valence-electron chi connectivity index (χ1n) is 5.33. The van der Waals surface area contributed by atoms with Gasteiger partial charge in [0.05, 0.1) is 0 Å². The Labute approximate surface area is 90.5 Å². The van der Waals surface area contributed by atoms with Crippen LogP contribution >= 0.6 is 11.6 Å². The minimum atomic E-state index is 0.558. The molecule has 2 heteroatoms. The molecule has 1 aromatic carbocycles. The topological polar surface area (TPSA) is 12.0 Å². The second kappa shape index (κ2) is 4.33. The van der Waals surface area contributed by atoms with E-state index in [4.69, 9.17) is 11.6 Å². The molecule has 0 heterocycles. The molecule has 1 aliphatic carbocycles. The van der Waals surface area contributed by atoms with Crippen molar-refractivity contribution in [3.8, 4) is 0 Å². The van der Waals surface area contributed by atoms with Gasteiger partial charge >= 0.3 is 0 Å². The Bertz CT molecular complexity index is 322. The molecule has 1 atom stereocenters. The number of hydrogen-bond acceptors (Lipinski definition) is 1. The van der Waals surface area contributed by atoms with E-state index in [-0.39, 0.29) is 0 Å². The first-order chi connectivity index (χ1) is 6.81. The summed E-state index contributed by atoms with van der Waals surface area (Å²) in [5.41, 5.74) is 2.87. The average Bonchev–Trinajstić information content (AvgIpc) is 2.57. The molecule has 0 saturated carbocycles. The van der Waals surface area contributed by atoms with E-state index in [1.807, 2.05) is 6.07 Å². The Morgan fingerprint density at radius 2 is 2.36 bits per heavy atom. The Hall–Kier alpha value is -0.530. The van der Waals surface area contributed by atoms with Crippen molar-refractivity contribution in [1.82, 2.24) is 5.32 Å². The summed E-state index contributed by atoms with van der Waals surface area (Å²) in [4.78, 5) is 0.